The van der Waals surface area contributed by atoms with Crippen molar-refractivity contribution in [3.63, 3.8) is 0 Å². The third kappa shape index (κ3) is 3.66. The lowest BCUT2D eigenvalue weighted by atomic mass is 10.3. The van der Waals surface area contributed by atoms with Crippen LogP contribution in [0, 0.1) is 0 Å². The van der Waals surface area contributed by atoms with Gasteiger partial charge in [0, 0.05) is 11.3 Å². The van der Waals surface area contributed by atoms with Gasteiger partial charge < -0.3 is 0 Å². The predicted octanol–water partition coefficient (Wildman–Crippen LogP) is 3.75. The molecule has 7 heteroatoms. The van der Waals surface area contributed by atoms with Gasteiger partial charge in [-0.2, -0.15) is 13.2 Å². The molecule has 0 N–H and O–H groups in total. The minimum atomic E-state index is -4.64. The normalized spacial score (nSPS) is 11.9. The third-order valence-electron chi connectivity index (χ3n) is 2.53. The zero-order valence-electron chi connectivity index (χ0n) is 11.4. The van der Waals surface area contributed by atoms with Crippen LogP contribution in [0.3, 0.4) is 0 Å². The van der Waals surface area contributed by atoms with Gasteiger partial charge in [-0.15, -0.1) is 0 Å². The van der Waals surface area contributed by atoms with Crippen molar-refractivity contribution in [1.29, 1.82) is 0 Å². The SMILES string of the molecule is CC(C)Sc1nc(C(F)(F)F)cc(=O)n1-c1ccccc1. The number of thioether (sulfide) groups is 1. The van der Waals surface area contributed by atoms with Gasteiger partial charge in [-0.05, 0) is 12.1 Å². The molecule has 0 amide bonds. The number of alkyl halides is 3. The van der Waals surface area contributed by atoms with E-state index < -0.39 is 17.4 Å². The van der Waals surface area contributed by atoms with Gasteiger partial charge in [-0.25, -0.2) is 4.98 Å². The van der Waals surface area contributed by atoms with Crippen LogP contribution in [0.25, 0.3) is 5.69 Å². The maximum atomic E-state index is 12.8. The van der Waals surface area contributed by atoms with Gasteiger partial charge in [0.05, 0.1) is 5.69 Å². The highest BCUT2D eigenvalue weighted by Crippen LogP contribution is 2.30. The summed E-state index contributed by atoms with van der Waals surface area (Å²) in [4.78, 5) is 15.7. The van der Waals surface area contributed by atoms with Crippen molar-refractivity contribution >= 4 is 11.8 Å². The highest BCUT2D eigenvalue weighted by atomic mass is 32.2. The van der Waals surface area contributed by atoms with Crippen molar-refractivity contribution in [2.45, 2.75) is 30.4 Å². The number of benzene rings is 1. The number of nitrogens with zero attached hydrogens (tertiary/aromatic N) is 2. The topological polar surface area (TPSA) is 34.9 Å². The number of para-hydroxylation sites is 1. The number of halogens is 3. The molecule has 21 heavy (non-hydrogen) atoms. The summed E-state index contributed by atoms with van der Waals surface area (Å²) in [6.07, 6.45) is -4.64. The Morgan fingerprint density at radius 2 is 1.81 bits per heavy atom. The summed E-state index contributed by atoms with van der Waals surface area (Å²) in [6.45, 7) is 3.65. The second-order valence-electron chi connectivity index (χ2n) is 4.60. The Morgan fingerprint density at radius 3 is 2.33 bits per heavy atom. The standard InChI is InChI=1S/C14H13F3N2OS/c1-9(2)21-13-18-11(14(15,16)17)8-12(20)19(13)10-6-4-3-5-7-10/h3-9H,1-2H3. The maximum Gasteiger partial charge on any atom is 0.433 e. The molecule has 0 aliphatic rings. The molecule has 112 valence electrons. The molecule has 0 radical (unpaired) electrons. The largest absolute Gasteiger partial charge is 0.433 e. The quantitative estimate of drug-likeness (QED) is 0.639. The molecular weight excluding hydrogens is 301 g/mol. The van der Waals surface area contributed by atoms with E-state index in [-0.39, 0.29) is 10.4 Å². The van der Waals surface area contributed by atoms with Gasteiger partial charge in [0.1, 0.15) is 0 Å². The van der Waals surface area contributed by atoms with E-state index in [1.807, 2.05) is 13.8 Å². The minimum Gasteiger partial charge on any atom is -0.269 e. The number of hydrogen-bond acceptors (Lipinski definition) is 3. The molecule has 0 saturated heterocycles. The van der Waals surface area contributed by atoms with Crippen molar-refractivity contribution in [3.8, 4) is 5.69 Å². The zero-order valence-corrected chi connectivity index (χ0v) is 12.2. The van der Waals surface area contributed by atoms with Crippen LogP contribution in [0.5, 0.6) is 0 Å². The lowest BCUT2D eigenvalue weighted by molar-refractivity contribution is -0.141. The van der Waals surface area contributed by atoms with Crippen molar-refractivity contribution in [2.24, 2.45) is 0 Å². The van der Waals surface area contributed by atoms with E-state index in [2.05, 4.69) is 4.98 Å². The summed E-state index contributed by atoms with van der Waals surface area (Å²) in [5, 5.41) is 0.0337. The molecule has 0 fully saturated rings. The van der Waals surface area contributed by atoms with E-state index >= 15 is 0 Å². The fourth-order valence-electron chi connectivity index (χ4n) is 1.71. The molecule has 2 rings (SSSR count). The van der Waals surface area contributed by atoms with Gasteiger partial charge in [-0.1, -0.05) is 43.8 Å². The van der Waals surface area contributed by atoms with Crippen LogP contribution in [0.15, 0.2) is 46.3 Å². The molecule has 0 unspecified atom stereocenters. The summed E-state index contributed by atoms with van der Waals surface area (Å²) in [5.41, 5.74) is -1.42. The first-order valence-corrected chi connectivity index (χ1v) is 7.10. The summed E-state index contributed by atoms with van der Waals surface area (Å²) < 4.78 is 39.6. The fourth-order valence-corrected chi connectivity index (χ4v) is 2.58. The molecule has 0 aliphatic carbocycles. The van der Waals surface area contributed by atoms with Crippen molar-refractivity contribution in [2.75, 3.05) is 0 Å². The molecule has 1 heterocycles. The van der Waals surface area contributed by atoms with E-state index in [1.165, 1.54) is 4.57 Å². The van der Waals surface area contributed by atoms with Crippen LogP contribution in [0.4, 0.5) is 13.2 Å². The van der Waals surface area contributed by atoms with Gasteiger partial charge in [0.25, 0.3) is 5.56 Å². The van der Waals surface area contributed by atoms with E-state index in [9.17, 15) is 18.0 Å². The monoisotopic (exact) mass is 314 g/mol. The molecule has 0 spiro atoms. The Hall–Kier alpha value is -1.76. The first kappa shape index (κ1) is 15.6. The molecule has 2 aromatic rings. The number of rotatable bonds is 3. The molecule has 1 aromatic carbocycles. The molecule has 3 nitrogen and oxygen atoms in total. The highest BCUT2D eigenvalue weighted by molar-refractivity contribution is 7.99. The second kappa shape index (κ2) is 5.93. The number of aromatic nitrogens is 2. The second-order valence-corrected chi connectivity index (χ2v) is 6.14. The Labute approximate surface area is 123 Å². The van der Waals surface area contributed by atoms with Crippen molar-refractivity contribution in [1.82, 2.24) is 9.55 Å². The van der Waals surface area contributed by atoms with Crippen molar-refractivity contribution < 1.29 is 13.2 Å². The molecule has 0 aliphatic heterocycles. The van der Waals surface area contributed by atoms with Crippen LogP contribution in [-0.2, 0) is 6.18 Å². The van der Waals surface area contributed by atoms with E-state index in [4.69, 9.17) is 0 Å². The fraction of sp³-hybridized carbons (Fsp3) is 0.286. The Balaban J connectivity index is 2.67. The molecule has 0 bridgehead atoms. The summed E-state index contributed by atoms with van der Waals surface area (Å²) >= 11 is 1.12. The van der Waals surface area contributed by atoms with E-state index in [0.29, 0.717) is 11.8 Å². The van der Waals surface area contributed by atoms with Crippen molar-refractivity contribution in [3.05, 3.63) is 52.4 Å². The summed E-state index contributed by atoms with van der Waals surface area (Å²) in [6, 6.07) is 9.02. The van der Waals surface area contributed by atoms with Gasteiger partial charge in [-0.3, -0.25) is 9.36 Å². The Bertz CT molecular complexity index is 681. The van der Waals surface area contributed by atoms with Gasteiger partial charge >= 0.3 is 6.18 Å². The van der Waals surface area contributed by atoms with Crippen LogP contribution in [-0.4, -0.2) is 14.8 Å². The molecule has 0 saturated carbocycles. The lowest BCUT2D eigenvalue weighted by Gasteiger charge is -2.15. The van der Waals surface area contributed by atoms with E-state index in [0.717, 1.165) is 11.8 Å². The highest BCUT2D eigenvalue weighted by Gasteiger charge is 2.34. The zero-order chi connectivity index (χ0) is 15.6. The average Bonchev–Trinajstić information content (AvgIpc) is 2.37. The first-order valence-electron chi connectivity index (χ1n) is 6.22. The first-order chi connectivity index (χ1) is 9.79. The Kier molecular flexibility index (Phi) is 4.41. The maximum absolute atomic E-state index is 12.8. The smallest absolute Gasteiger partial charge is 0.269 e. The van der Waals surface area contributed by atoms with Gasteiger partial charge in [0.15, 0.2) is 10.9 Å². The molecule has 0 atom stereocenters. The average molecular weight is 314 g/mol. The Morgan fingerprint density at radius 1 is 1.19 bits per heavy atom. The third-order valence-corrected chi connectivity index (χ3v) is 3.49. The number of hydrogen-bond donors (Lipinski definition) is 0. The van der Waals surface area contributed by atoms with Gasteiger partial charge in [0.2, 0.25) is 0 Å². The molecule has 1 aromatic heterocycles. The summed E-state index contributed by atoms with van der Waals surface area (Å²) in [7, 11) is 0. The lowest BCUT2D eigenvalue weighted by Crippen LogP contribution is -2.25. The van der Waals surface area contributed by atoms with Crippen LogP contribution < -0.4 is 5.56 Å². The van der Waals surface area contributed by atoms with Crippen LogP contribution in [0.2, 0.25) is 0 Å². The predicted molar refractivity (Wildman–Crippen MR) is 75.8 cm³/mol. The van der Waals surface area contributed by atoms with Crippen LogP contribution in [0.1, 0.15) is 19.5 Å². The van der Waals surface area contributed by atoms with Crippen LogP contribution >= 0.6 is 11.8 Å². The molecular formula is C14H13F3N2OS. The summed E-state index contributed by atoms with van der Waals surface area (Å²) in [5.74, 6) is 0. The van der Waals surface area contributed by atoms with E-state index in [1.54, 1.807) is 30.3 Å². The minimum absolute atomic E-state index is 0.00431.